The van der Waals surface area contributed by atoms with Gasteiger partial charge in [0.2, 0.25) is 11.8 Å². The Morgan fingerprint density at radius 2 is 1.38 bits per heavy atom. The fourth-order valence-corrected chi connectivity index (χ4v) is 3.74. The van der Waals surface area contributed by atoms with E-state index in [0.717, 1.165) is 25.7 Å². The molecule has 40 heavy (non-hydrogen) atoms. The van der Waals surface area contributed by atoms with E-state index in [1.54, 1.807) is 27.8 Å². The minimum atomic E-state index is -0.572. The molecule has 1 aliphatic rings. The summed E-state index contributed by atoms with van der Waals surface area (Å²) in [5, 5.41) is 11.3. The van der Waals surface area contributed by atoms with Crippen molar-refractivity contribution in [2.45, 2.75) is 83.9 Å². The van der Waals surface area contributed by atoms with Crippen LogP contribution in [-0.2, 0) is 28.5 Å². The molecule has 0 radical (unpaired) electrons. The molecule has 1 heterocycles. The van der Waals surface area contributed by atoms with Crippen LogP contribution in [0.3, 0.4) is 0 Å². The zero-order valence-corrected chi connectivity index (χ0v) is 25.0. The second kappa shape index (κ2) is 20.3. The van der Waals surface area contributed by atoms with Crippen molar-refractivity contribution >= 4 is 23.9 Å². The monoisotopic (exact) mass is 573 g/mol. The molecule has 0 spiro atoms. The molecule has 13 heteroatoms. The molecule has 0 aromatic rings. The Kier molecular flexibility index (Phi) is 17.9. The van der Waals surface area contributed by atoms with Gasteiger partial charge in [0, 0.05) is 45.6 Å². The van der Waals surface area contributed by atoms with Gasteiger partial charge < -0.3 is 45.1 Å². The minimum absolute atomic E-state index is 0.0190. The van der Waals surface area contributed by atoms with Crippen LogP contribution in [-0.4, -0.2) is 113 Å². The van der Waals surface area contributed by atoms with Gasteiger partial charge >= 0.3 is 12.1 Å². The van der Waals surface area contributed by atoms with Crippen molar-refractivity contribution in [2.24, 2.45) is 0 Å². The third-order valence-corrected chi connectivity index (χ3v) is 5.96. The topological polar surface area (TPSA) is 157 Å². The van der Waals surface area contributed by atoms with Crippen molar-refractivity contribution in [1.29, 1.82) is 0 Å². The average molecular weight is 574 g/mol. The van der Waals surface area contributed by atoms with Crippen LogP contribution < -0.4 is 21.3 Å². The summed E-state index contributed by atoms with van der Waals surface area (Å²) >= 11 is 0. The van der Waals surface area contributed by atoms with E-state index in [0.29, 0.717) is 59.2 Å². The SMILES string of the molecule is CC1NC(=O)NC1CCCCCC(=O)NCCOCCOCCOCCNC(=O)CCN(C)C(=O)OC(C)(C)C. The molecule has 2 unspecified atom stereocenters. The molecule has 0 aromatic carbocycles. The van der Waals surface area contributed by atoms with Gasteiger partial charge in [-0.3, -0.25) is 9.59 Å². The van der Waals surface area contributed by atoms with Crippen LogP contribution in [0.1, 0.15) is 66.2 Å². The summed E-state index contributed by atoms with van der Waals surface area (Å²) in [5.74, 6) is -0.145. The number of urea groups is 1. The van der Waals surface area contributed by atoms with E-state index in [1.807, 2.05) is 6.92 Å². The van der Waals surface area contributed by atoms with Crippen LogP contribution in [0.2, 0.25) is 0 Å². The van der Waals surface area contributed by atoms with E-state index in [-0.39, 0.29) is 42.9 Å². The van der Waals surface area contributed by atoms with E-state index in [2.05, 4.69) is 21.3 Å². The summed E-state index contributed by atoms with van der Waals surface area (Å²) in [4.78, 5) is 48.3. The van der Waals surface area contributed by atoms with Crippen molar-refractivity contribution < 1.29 is 38.1 Å². The van der Waals surface area contributed by atoms with Crippen molar-refractivity contribution in [3.8, 4) is 0 Å². The van der Waals surface area contributed by atoms with Gasteiger partial charge in [0.05, 0.1) is 45.7 Å². The first-order valence-corrected chi connectivity index (χ1v) is 14.3. The van der Waals surface area contributed by atoms with E-state index >= 15 is 0 Å². The number of ether oxygens (including phenoxy) is 4. The minimum Gasteiger partial charge on any atom is -0.444 e. The molecule has 13 nitrogen and oxygen atoms in total. The number of unbranched alkanes of at least 4 members (excludes halogenated alkanes) is 2. The van der Waals surface area contributed by atoms with E-state index in [9.17, 15) is 19.2 Å². The van der Waals surface area contributed by atoms with Crippen molar-refractivity contribution in [2.75, 3.05) is 66.3 Å². The highest BCUT2D eigenvalue weighted by Crippen LogP contribution is 2.12. The summed E-state index contributed by atoms with van der Waals surface area (Å²) < 4.78 is 21.6. The quantitative estimate of drug-likeness (QED) is 0.151. The number of rotatable bonds is 21. The molecule has 2 atom stereocenters. The summed E-state index contributed by atoms with van der Waals surface area (Å²) in [6, 6.07) is 0.224. The average Bonchev–Trinajstić information content (AvgIpc) is 3.20. The number of hydrogen-bond acceptors (Lipinski definition) is 8. The van der Waals surface area contributed by atoms with Gasteiger partial charge in [-0.15, -0.1) is 0 Å². The molecule has 5 amide bonds. The highest BCUT2D eigenvalue weighted by Gasteiger charge is 2.26. The molecule has 1 aliphatic heterocycles. The molecular formula is C27H51N5O8. The van der Waals surface area contributed by atoms with Crippen LogP contribution in [0.15, 0.2) is 0 Å². The van der Waals surface area contributed by atoms with Gasteiger partial charge in [0.25, 0.3) is 0 Å². The number of carbonyl (C=O) groups is 4. The standard InChI is InChI=1S/C27H51N5O8/c1-21-22(31-25(35)30-21)9-7-6-8-10-23(33)28-12-15-37-17-19-39-20-18-38-16-13-29-24(34)11-14-32(5)26(36)40-27(2,3)4/h21-22H,6-20H2,1-5H3,(H,28,33)(H,29,34)(H2,30,31,35). The van der Waals surface area contributed by atoms with Gasteiger partial charge in [-0.05, 0) is 40.5 Å². The maximum atomic E-state index is 11.9. The number of nitrogens with zero attached hydrogens (tertiary/aromatic N) is 1. The third kappa shape index (κ3) is 18.6. The van der Waals surface area contributed by atoms with Crippen molar-refractivity contribution in [3.63, 3.8) is 0 Å². The predicted molar refractivity (Wildman–Crippen MR) is 150 cm³/mol. The summed E-state index contributed by atoms with van der Waals surface area (Å²) in [6.07, 6.45) is 3.89. The summed E-state index contributed by atoms with van der Waals surface area (Å²) in [5.41, 5.74) is -0.572. The lowest BCUT2D eigenvalue weighted by Gasteiger charge is -2.24. The van der Waals surface area contributed by atoms with Crippen LogP contribution in [0, 0.1) is 0 Å². The smallest absolute Gasteiger partial charge is 0.410 e. The predicted octanol–water partition coefficient (Wildman–Crippen LogP) is 1.55. The highest BCUT2D eigenvalue weighted by molar-refractivity contribution is 5.77. The molecule has 0 aromatic heterocycles. The lowest BCUT2D eigenvalue weighted by Crippen LogP contribution is -2.37. The first kappa shape index (κ1) is 35.4. The molecule has 0 saturated carbocycles. The fourth-order valence-electron chi connectivity index (χ4n) is 3.74. The molecular weight excluding hydrogens is 522 g/mol. The second-order valence-corrected chi connectivity index (χ2v) is 10.8. The second-order valence-electron chi connectivity index (χ2n) is 10.8. The van der Waals surface area contributed by atoms with Gasteiger partial charge in [0.15, 0.2) is 0 Å². The van der Waals surface area contributed by atoms with Gasteiger partial charge in [-0.1, -0.05) is 12.8 Å². The maximum absolute atomic E-state index is 11.9. The Bertz CT molecular complexity index is 762. The maximum Gasteiger partial charge on any atom is 0.410 e. The number of hydrogen-bond donors (Lipinski definition) is 4. The zero-order valence-electron chi connectivity index (χ0n) is 25.0. The lowest BCUT2D eigenvalue weighted by molar-refractivity contribution is -0.122. The Morgan fingerprint density at radius 1 is 0.825 bits per heavy atom. The Labute approximate surface area is 238 Å². The highest BCUT2D eigenvalue weighted by atomic mass is 16.6. The molecule has 1 rings (SSSR count). The van der Waals surface area contributed by atoms with Crippen LogP contribution >= 0.6 is 0 Å². The molecule has 0 bridgehead atoms. The van der Waals surface area contributed by atoms with Crippen LogP contribution in [0.25, 0.3) is 0 Å². The van der Waals surface area contributed by atoms with Crippen LogP contribution in [0.5, 0.6) is 0 Å². The van der Waals surface area contributed by atoms with E-state index in [4.69, 9.17) is 18.9 Å². The molecule has 232 valence electrons. The van der Waals surface area contributed by atoms with Crippen molar-refractivity contribution in [3.05, 3.63) is 0 Å². The zero-order chi connectivity index (χ0) is 29.8. The third-order valence-electron chi connectivity index (χ3n) is 5.96. The molecule has 1 saturated heterocycles. The molecule has 0 aliphatic carbocycles. The van der Waals surface area contributed by atoms with Gasteiger partial charge in [-0.2, -0.15) is 0 Å². The number of nitrogens with one attached hydrogen (secondary N) is 4. The summed E-state index contributed by atoms with van der Waals surface area (Å²) in [7, 11) is 1.60. The largest absolute Gasteiger partial charge is 0.444 e. The van der Waals surface area contributed by atoms with Crippen molar-refractivity contribution in [1.82, 2.24) is 26.2 Å². The number of amides is 5. The molecule has 4 N–H and O–H groups in total. The Hall–Kier alpha value is -2.64. The first-order valence-electron chi connectivity index (χ1n) is 14.3. The Balaban J connectivity index is 1.82. The normalized spacial score (nSPS) is 16.7. The van der Waals surface area contributed by atoms with E-state index < -0.39 is 11.7 Å². The first-order chi connectivity index (χ1) is 19.0. The summed E-state index contributed by atoms with van der Waals surface area (Å²) in [6.45, 7) is 10.9. The lowest BCUT2D eigenvalue weighted by atomic mass is 10.0. The van der Waals surface area contributed by atoms with E-state index in [1.165, 1.54) is 4.90 Å². The van der Waals surface area contributed by atoms with Gasteiger partial charge in [-0.25, -0.2) is 9.59 Å². The number of carbonyl (C=O) groups excluding carboxylic acids is 4. The fraction of sp³-hybridized carbons (Fsp3) is 0.852. The van der Waals surface area contributed by atoms with Gasteiger partial charge in [0.1, 0.15) is 5.60 Å². The Morgan fingerprint density at radius 3 is 1.90 bits per heavy atom. The van der Waals surface area contributed by atoms with Crippen LogP contribution in [0.4, 0.5) is 9.59 Å². The molecule has 1 fully saturated rings.